The van der Waals surface area contributed by atoms with Gasteiger partial charge in [0.15, 0.2) is 0 Å². The number of rotatable bonds is 3. The van der Waals surface area contributed by atoms with Crippen molar-refractivity contribution in [2.75, 3.05) is 18.1 Å². The highest BCUT2D eigenvalue weighted by molar-refractivity contribution is 9.10. The highest BCUT2D eigenvalue weighted by atomic mass is 79.9. The summed E-state index contributed by atoms with van der Waals surface area (Å²) >= 11 is 3.34. The molecule has 1 aliphatic heterocycles. The molecule has 0 amide bonds. The van der Waals surface area contributed by atoms with Crippen molar-refractivity contribution < 1.29 is 10.0 Å². The minimum Gasteiger partial charge on any atom is -0.394 e. The second kappa shape index (κ2) is 5.24. The molecular formula is C12H15BrN2O3. The van der Waals surface area contributed by atoms with Crippen LogP contribution in [0.25, 0.3) is 0 Å². The molecule has 1 heterocycles. The molecule has 2 rings (SSSR count). The molecule has 1 aliphatic rings. The first-order valence-electron chi connectivity index (χ1n) is 5.86. The summed E-state index contributed by atoms with van der Waals surface area (Å²) in [6, 6.07) is 4.86. The molecule has 0 saturated carbocycles. The van der Waals surface area contributed by atoms with E-state index in [1.807, 2.05) is 4.90 Å². The van der Waals surface area contributed by atoms with Crippen molar-refractivity contribution in [3.8, 4) is 0 Å². The van der Waals surface area contributed by atoms with Gasteiger partial charge in [0.25, 0.3) is 5.69 Å². The molecule has 5 nitrogen and oxygen atoms in total. The molecule has 2 unspecified atom stereocenters. The molecule has 0 aromatic heterocycles. The molecule has 0 radical (unpaired) electrons. The first-order valence-corrected chi connectivity index (χ1v) is 6.65. The van der Waals surface area contributed by atoms with Crippen LogP contribution in [0.1, 0.15) is 13.3 Å². The van der Waals surface area contributed by atoms with E-state index in [1.54, 1.807) is 12.1 Å². The van der Waals surface area contributed by atoms with Crippen LogP contribution >= 0.6 is 15.9 Å². The van der Waals surface area contributed by atoms with Crippen LogP contribution in [0.5, 0.6) is 0 Å². The van der Waals surface area contributed by atoms with Gasteiger partial charge in [-0.15, -0.1) is 0 Å². The average molecular weight is 315 g/mol. The number of aliphatic hydroxyl groups excluding tert-OH is 1. The number of nitro groups is 1. The number of aliphatic hydroxyl groups is 1. The average Bonchev–Trinajstić information content (AvgIpc) is 2.69. The summed E-state index contributed by atoms with van der Waals surface area (Å²) in [5, 5.41) is 20.5. The fourth-order valence-corrected chi connectivity index (χ4v) is 2.82. The van der Waals surface area contributed by atoms with E-state index >= 15 is 0 Å². The Kier molecular flexibility index (Phi) is 3.87. The largest absolute Gasteiger partial charge is 0.394 e. The van der Waals surface area contributed by atoms with Gasteiger partial charge in [-0.05, 0) is 24.5 Å². The highest BCUT2D eigenvalue weighted by Crippen LogP contribution is 2.37. The van der Waals surface area contributed by atoms with E-state index in [0.29, 0.717) is 11.6 Å². The standard InChI is InChI=1S/C12H15BrN2O3/c1-8-4-5-14(12(8)7-16)11-6-9(13)2-3-10(11)15(17)18/h2-3,6,8,12,16H,4-5,7H2,1H3. The summed E-state index contributed by atoms with van der Waals surface area (Å²) in [5.74, 6) is 0.341. The molecule has 1 saturated heterocycles. The Morgan fingerprint density at radius 1 is 1.61 bits per heavy atom. The molecule has 18 heavy (non-hydrogen) atoms. The Morgan fingerprint density at radius 3 is 2.94 bits per heavy atom. The number of hydrogen-bond donors (Lipinski definition) is 1. The second-order valence-electron chi connectivity index (χ2n) is 4.60. The van der Waals surface area contributed by atoms with E-state index in [9.17, 15) is 15.2 Å². The topological polar surface area (TPSA) is 66.6 Å². The van der Waals surface area contributed by atoms with Crippen molar-refractivity contribution in [1.29, 1.82) is 0 Å². The summed E-state index contributed by atoms with van der Waals surface area (Å²) in [6.45, 7) is 2.82. The van der Waals surface area contributed by atoms with E-state index in [1.165, 1.54) is 6.07 Å². The zero-order valence-electron chi connectivity index (χ0n) is 10.0. The van der Waals surface area contributed by atoms with Crippen LogP contribution in [0.3, 0.4) is 0 Å². The second-order valence-corrected chi connectivity index (χ2v) is 5.52. The lowest BCUT2D eigenvalue weighted by atomic mass is 10.0. The zero-order chi connectivity index (χ0) is 13.3. The maximum Gasteiger partial charge on any atom is 0.292 e. The van der Waals surface area contributed by atoms with Gasteiger partial charge in [-0.2, -0.15) is 0 Å². The number of halogens is 1. The highest BCUT2D eigenvalue weighted by Gasteiger charge is 2.34. The lowest BCUT2D eigenvalue weighted by Crippen LogP contribution is -2.35. The zero-order valence-corrected chi connectivity index (χ0v) is 11.6. The van der Waals surface area contributed by atoms with Crippen molar-refractivity contribution in [3.63, 3.8) is 0 Å². The number of hydrogen-bond acceptors (Lipinski definition) is 4. The molecule has 0 bridgehead atoms. The fraction of sp³-hybridized carbons (Fsp3) is 0.500. The molecule has 1 fully saturated rings. The minimum absolute atomic E-state index is 0.0187. The Labute approximate surface area is 114 Å². The van der Waals surface area contributed by atoms with Crippen LogP contribution in [0.2, 0.25) is 0 Å². The number of nitrogens with zero attached hydrogens (tertiary/aromatic N) is 2. The summed E-state index contributed by atoms with van der Waals surface area (Å²) in [5.41, 5.74) is 0.670. The van der Waals surface area contributed by atoms with Gasteiger partial charge in [-0.3, -0.25) is 10.1 Å². The molecule has 0 aliphatic carbocycles. The first-order chi connectivity index (χ1) is 8.54. The molecule has 98 valence electrons. The lowest BCUT2D eigenvalue weighted by Gasteiger charge is -2.27. The third kappa shape index (κ3) is 2.35. The fourth-order valence-electron chi connectivity index (χ4n) is 2.47. The summed E-state index contributed by atoms with van der Waals surface area (Å²) in [4.78, 5) is 12.6. The Morgan fingerprint density at radius 2 is 2.33 bits per heavy atom. The molecule has 1 aromatic carbocycles. The van der Waals surface area contributed by atoms with Crippen molar-refractivity contribution in [3.05, 3.63) is 32.8 Å². The van der Waals surface area contributed by atoms with Crippen LogP contribution in [-0.4, -0.2) is 29.2 Å². The summed E-state index contributed by atoms with van der Waals surface area (Å²) < 4.78 is 0.805. The number of anilines is 1. The molecular weight excluding hydrogens is 300 g/mol. The van der Waals surface area contributed by atoms with Gasteiger partial charge in [0.2, 0.25) is 0 Å². The minimum atomic E-state index is -0.376. The first kappa shape index (κ1) is 13.3. The van der Waals surface area contributed by atoms with E-state index < -0.39 is 0 Å². The van der Waals surface area contributed by atoms with Gasteiger partial charge in [0.1, 0.15) is 5.69 Å². The monoisotopic (exact) mass is 314 g/mol. The maximum atomic E-state index is 11.1. The summed E-state index contributed by atoms with van der Waals surface area (Å²) in [6.07, 6.45) is 0.939. The Balaban J connectivity index is 2.43. The van der Waals surface area contributed by atoms with E-state index in [0.717, 1.165) is 17.4 Å². The molecule has 1 N–H and O–H groups in total. The van der Waals surface area contributed by atoms with Gasteiger partial charge in [0.05, 0.1) is 17.6 Å². The van der Waals surface area contributed by atoms with E-state index in [2.05, 4.69) is 22.9 Å². The Hall–Kier alpha value is -1.14. The quantitative estimate of drug-likeness (QED) is 0.688. The summed E-state index contributed by atoms with van der Waals surface area (Å²) in [7, 11) is 0. The van der Waals surface area contributed by atoms with Crippen molar-refractivity contribution in [2.45, 2.75) is 19.4 Å². The van der Waals surface area contributed by atoms with Crippen molar-refractivity contribution >= 4 is 27.3 Å². The van der Waals surface area contributed by atoms with Crippen LogP contribution in [-0.2, 0) is 0 Å². The Bertz CT molecular complexity index is 467. The van der Waals surface area contributed by atoms with Crippen molar-refractivity contribution in [2.24, 2.45) is 5.92 Å². The van der Waals surface area contributed by atoms with E-state index in [4.69, 9.17) is 0 Å². The molecule has 1 aromatic rings. The van der Waals surface area contributed by atoms with Gasteiger partial charge >= 0.3 is 0 Å². The van der Waals surface area contributed by atoms with Crippen molar-refractivity contribution in [1.82, 2.24) is 0 Å². The molecule has 0 spiro atoms. The SMILES string of the molecule is CC1CCN(c2cc(Br)ccc2[N+](=O)[O-])C1CO. The van der Waals surface area contributed by atoms with Crippen LogP contribution in [0, 0.1) is 16.0 Å². The third-order valence-electron chi connectivity index (χ3n) is 3.51. The smallest absolute Gasteiger partial charge is 0.292 e. The number of benzene rings is 1. The van der Waals surface area contributed by atoms with Crippen LogP contribution in [0.4, 0.5) is 11.4 Å². The normalized spacial score (nSPS) is 23.4. The van der Waals surface area contributed by atoms with Gasteiger partial charge in [0, 0.05) is 17.1 Å². The van der Waals surface area contributed by atoms with Gasteiger partial charge < -0.3 is 10.0 Å². The number of nitro benzene ring substituents is 1. The lowest BCUT2D eigenvalue weighted by molar-refractivity contribution is -0.384. The molecule has 2 atom stereocenters. The molecule has 6 heteroatoms. The predicted molar refractivity (Wildman–Crippen MR) is 72.8 cm³/mol. The maximum absolute atomic E-state index is 11.1. The van der Waals surface area contributed by atoms with Gasteiger partial charge in [-0.25, -0.2) is 0 Å². The van der Waals surface area contributed by atoms with Crippen LogP contribution < -0.4 is 4.90 Å². The predicted octanol–water partition coefficient (Wildman–Crippen LogP) is 2.56. The van der Waals surface area contributed by atoms with Gasteiger partial charge in [-0.1, -0.05) is 22.9 Å². The van der Waals surface area contributed by atoms with Crippen LogP contribution in [0.15, 0.2) is 22.7 Å². The third-order valence-corrected chi connectivity index (χ3v) is 4.01. The van der Waals surface area contributed by atoms with E-state index in [-0.39, 0.29) is 23.3 Å².